The lowest BCUT2D eigenvalue weighted by atomic mass is 9.99. The predicted molar refractivity (Wildman–Crippen MR) is 148 cm³/mol. The third kappa shape index (κ3) is 4.67. The number of hydrogen-bond acceptors (Lipinski definition) is 8. The van der Waals surface area contributed by atoms with Crippen molar-refractivity contribution in [1.82, 2.24) is 30.1 Å². The van der Waals surface area contributed by atoms with Gasteiger partial charge in [-0.3, -0.25) is 19.8 Å². The number of rotatable bonds is 6. The van der Waals surface area contributed by atoms with Crippen molar-refractivity contribution in [3.8, 4) is 0 Å². The Bertz CT molecular complexity index is 1560. The van der Waals surface area contributed by atoms with Crippen LogP contribution in [0.15, 0.2) is 47.3 Å². The highest BCUT2D eigenvalue weighted by atomic mass is 16.6. The minimum Gasteiger partial charge on any atom is -0.369 e. The van der Waals surface area contributed by atoms with E-state index < -0.39 is 6.04 Å². The van der Waals surface area contributed by atoms with Crippen LogP contribution in [0.1, 0.15) is 60.3 Å². The van der Waals surface area contributed by atoms with Crippen molar-refractivity contribution < 1.29 is 4.92 Å². The Kier molecular flexibility index (Phi) is 6.59. The van der Waals surface area contributed by atoms with Crippen molar-refractivity contribution in [3.05, 3.63) is 85.4 Å². The Morgan fingerprint density at radius 3 is 2.44 bits per heavy atom. The summed E-state index contributed by atoms with van der Waals surface area (Å²) < 4.78 is 1.95. The largest absolute Gasteiger partial charge is 0.369 e. The Morgan fingerprint density at radius 2 is 1.74 bits per heavy atom. The molecule has 4 aromatic rings. The number of anilines is 1. The van der Waals surface area contributed by atoms with Crippen LogP contribution in [-0.2, 0) is 0 Å². The van der Waals surface area contributed by atoms with Gasteiger partial charge in [0.15, 0.2) is 5.82 Å². The highest BCUT2D eigenvalue weighted by Crippen LogP contribution is 2.35. The van der Waals surface area contributed by atoms with Crippen LogP contribution in [-0.4, -0.2) is 61.2 Å². The average Bonchev–Trinajstić information content (AvgIpc) is 3.65. The maximum atomic E-state index is 13.7. The molecule has 2 fully saturated rings. The number of tetrazole rings is 1. The maximum absolute atomic E-state index is 13.7. The summed E-state index contributed by atoms with van der Waals surface area (Å²) in [6.45, 7) is 6.87. The molecule has 6 rings (SSSR count). The average molecular weight is 529 g/mol. The second-order valence-electron chi connectivity index (χ2n) is 10.6. The topological polar surface area (TPSA) is 126 Å². The molecular formula is C28H32N8O3. The third-order valence-electron chi connectivity index (χ3n) is 8.41. The fraction of sp³-hybridized carbons (Fsp3) is 0.429. The van der Waals surface area contributed by atoms with Crippen LogP contribution in [0.2, 0.25) is 0 Å². The molecule has 0 unspecified atom stereocenters. The van der Waals surface area contributed by atoms with Crippen molar-refractivity contribution >= 4 is 22.3 Å². The van der Waals surface area contributed by atoms with E-state index in [1.165, 1.54) is 0 Å². The Labute approximate surface area is 225 Å². The van der Waals surface area contributed by atoms with Gasteiger partial charge in [0.2, 0.25) is 0 Å². The molecule has 1 N–H and O–H groups in total. The van der Waals surface area contributed by atoms with Crippen LogP contribution in [0.3, 0.4) is 0 Å². The number of nitro groups is 1. The van der Waals surface area contributed by atoms with Crippen LogP contribution in [0, 0.1) is 24.0 Å². The first-order valence-corrected chi connectivity index (χ1v) is 13.5. The lowest BCUT2D eigenvalue weighted by Gasteiger charge is -2.39. The van der Waals surface area contributed by atoms with E-state index in [1.54, 1.807) is 24.3 Å². The standard InChI is InChI=1S/C28H32N8O3/c1-18-7-8-20-17-24(28(37)29-25(20)19(18)2)26(27-30-31-32-35(27)22-5-3-4-6-22)34-15-13-33(14-16-34)21-9-11-23(12-10-21)36(38)39/h7-12,17,22,26H,3-6,13-16H2,1-2H3,(H,29,37)/t26-/m0/s1. The number of nitro benzene ring substituents is 1. The van der Waals surface area contributed by atoms with Gasteiger partial charge in [0.25, 0.3) is 11.2 Å². The van der Waals surface area contributed by atoms with Gasteiger partial charge in [0, 0.05) is 49.6 Å². The van der Waals surface area contributed by atoms with Gasteiger partial charge in [-0.1, -0.05) is 25.0 Å². The molecular weight excluding hydrogens is 496 g/mol. The van der Waals surface area contributed by atoms with Crippen LogP contribution >= 0.6 is 0 Å². The molecule has 0 spiro atoms. The second kappa shape index (κ2) is 10.2. The molecule has 1 saturated heterocycles. The summed E-state index contributed by atoms with van der Waals surface area (Å²) in [5.41, 5.74) is 4.61. The Morgan fingerprint density at radius 1 is 1.03 bits per heavy atom. The highest BCUT2D eigenvalue weighted by molar-refractivity contribution is 5.83. The molecule has 1 saturated carbocycles. The number of fused-ring (bicyclic) bond motifs is 1. The first-order chi connectivity index (χ1) is 18.9. The number of aryl methyl sites for hydroxylation is 2. The smallest absolute Gasteiger partial charge is 0.269 e. The number of aromatic amines is 1. The fourth-order valence-electron chi connectivity index (χ4n) is 6.06. The normalized spacial score (nSPS) is 17.6. The van der Waals surface area contributed by atoms with Crippen LogP contribution in [0.4, 0.5) is 11.4 Å². The molecule has 11 nitrogen and oxygen atoms in total. The van der Waals surface area contributed by atoms with E-state index in [4.69, 9.17) is 0 Å². The zero-order valence-electron chi connectivity index (χ0n) is 22.2. The van der Waals surface area contributed by atoms with E-state index in [2.05, 4.69) is 42.4 Å². The van der Waals surface area contributed by atoms with Gasteiger partial charge < -0.3 is 9.88 Å². The number of H-pyrrole nitrogens is 1. The first kappa shape index (κ1) is 25.2. The lowest BCUT2D eigenvalue weighted by molar-refractivity contribution is -0.384. The molecule has 2 aromatic heterocycles. The van der Waals surface area contributed by atoms with Crippen LogP contribution in [0.5, 0.6) is 0 Å². The predicted octanol–water partition coefficient (Wildman–Crippen LogP) is 4.07. The molecule has 1 aliphatic carbocycles. The summed E-state index contributed by atoms with van der Waals surface area (Å²) in [6, 6.07) is 12.7. The second-order valence-corrected chi connectivity index (χ2v) is 10.6. The molecule has 0 amide bonds. The zero-order valence-corrected chi connectivity index (χ0v) is 22.2. The van der Waals surface area contributed by atoms with Crippen molar-refractivity contribution in [3.63, 3.8) is 0 Å². The highest BCUT2D eigenvalue weighted by Gasteiger charge is 2.35. The van der Waals surface area contributed by atoms with E-state index >= 15 is 0 Å². The molecule has 3 heterocycles. The Hall–Kier alpha value is -4.12. The van der Waals surface area contributed by atoms with Gasteiger partial charge in [0.1, 0.15) is 6.04 Å². The number of aromatic nitrogens is 5. The maximum Gasteiger partial charge on any atom is 0.269 e. The third-order valence-corrected chi connectivity index (χ3v) is 8.41. The number of nitrogens with zero attached hydrogens (tertiary/aromatic N) is 7. The molecule has 202 valence electrons. The summed E-state index contributed by atoms with van der Waals surface area (Å²) in [4.78, 5) is 32.0. The molecule has 1 atom stereocenters. The number of hydrogen-bond donors (Lipinski definition) is 1. The van der Waals surface area contributed by atoms with Crippen LogP contribution in [0.25, 0.3) is 10.9 Å². The molecule has 11 heteroatoms. The molecule has 0 radical (unpaired) electrons. The summed E-state index contributed by atoms with van der Waals surface area (Å²) in [5, 5.41) is 25.0. The number of benzene rings is 2. The number of non-ortho nitro benzene ring substituents is 1. The van der Waals surface area contributed by atoms with Gasteiger partial charge in [-0.2, -0.15) is 0 Å². The quantitative estimate of drug-likeness (QED) is 0.293. The SMILES string of the molecule is Cc1ccc2cc([C@@H](c3nnnn3C3CCCC3)N3CCN(c4ccc([N+](=O)[O-])cc4)CC3)c(=O)[nH]c2c1C. The van der Waals surface area contributed by atoms with Gasteiger partial charge in [-0.15, -0.1) is 5.10 Å². The van der Waals surface area contributed by atoms with E-state index in [1.807, 2.05) is 24.6 Å². The van der Waals surface area contributed by atoms with Gasteiger partial charge >= 0.3 is 0 Å². The summed E-state index contributed by atoms with van der Waals surface area (Å²) >= 11 is 0. The van der Waals surface area contributed by atoms with Crippen molar-refractivity contribution in [2.24, 2.45) is 0 Å². The summed E-state index contributed by atoms with van der Waals surface area (Å²) in [7, 11) is 0. The van der Waals surface area contributed by atoms with E-state index in [-0.39, 0.29) is 22.2 Å². The van der Waals surface area contributed by atoms with E-state index in [9.17, 15) is 14.9 Å². The zero-order chi connectivity index (χ0) is 27.1. The van der Waals surface area contributed by atoms with Crippen LogP contribution < -0.4 is 10.5 Å². The number of piperazine rings is 1. The minimum atomic E-state index is -0.394. The monoisotopic (exact) mass is 528 g/mol. The van der Waals surface area contributed by atoms with E-state index in [0.717, 1.165) is 53.4 Å². The van der Waals surface area contributed by atoms with Crippen molar-refractivity contribution in [2.45, 2.75) is 51.6 Å². The molecule has 1 aliphatic heterocycles. The molecule has 39 heavy (non-hydrogen) atoms. The number of pyridine rings is 1. The van der Waals surface area contributed by atoms with E-state index in [0.29, 0.717) is 37.6 Å². The number of nitrogens with one attached hydrogen (secondary N) is 1. The van der Waals surface area contributed by atoms with Crippen molar-refractivity contribution in [2.75, 3.05) is 31.1 Å². The van der Waals surface area contributed by atoms with Crippen molar-refractivity contribution in [1.29, 1.82) is 0 Å². The molecule has 2 aliphatic rings. The lowest BCUT2D eigenvalue weighted by Crippen LogP contribution is -2.49. The van der Waals surface area contributed by atoms with Gasteiger partial charge in [0.05, 0.1) is 16.5 Å². The molecule has 2 aromatic carbocycles. The van der Waals surface area contributed by atoms with Gasteiger partial charge in [-0.25, -0.2) is 4.68 Å². The summed E-state index contributed by atoms with van der Waals surface area (Å²) in [5.74, 6) is 0.708. The minimum absolute atomic E-state index is 0.0807. The first-order valence-electron chi connectivity index (χ1n) is 13.5. The molecule has 0 bridgehead atoms. The summed E-state index contributed by atoms with van der Waals surface area (Å²) in [6.07, 6.45) is 4.37. The van der Waals surface area contributed by atoms with Gasteiger partial charge in [-0.05, 0) is 71.8 Å². The Balaban J connectivity index is 1.36. The fourth-order valence-corrected chi connectivity index (χ4v) is 6.06.